The Morgan fingerprint density at radius 1 is 1.33 bits per heavy atom. The highest BCUT2D eigenvalue weighted by Crippen LogP contribution is 2.37. The molecule has 0 aromatic heterocycles. The quantitative estimate of drug-likeness (QED) is 0.394. The van der Waals surface area contributed by atoms with Crippen molar-refractivity contribution in [2.45, 2.75) is 71.2 Å². The summed E-state index contributed by atoms with van der Waals surface area (Å²) in [5, 5.41) is 0.270. The molecule has 0 rings (SSSR count). The second-order valence-corrected chi connectivity index (χ2v) is 10.5. The predicted octanol–water partition coefficient (Wildman–Crippen LogP) is 3.77. The molecule has 0 N–H and O–H groups in total. The lowest BCUT2D eigenvalue weighted by Gasteiger charge is -2.38. The molecule has 0 aliphatic heterocycles. The van der Waals surface area contributed by atoms with Gasteiger partial charge in [-0.2, -0.15) is 0 Å². The number of aldehydes is 1. The van der Waals surface area contributed by atoms with Crippen LogP contribution in [0.4, 0.5) is 0 Å². The Balaban J connectivity index is 4.04. The molecular weight excluding hydrogens is 204 g/mol. The first kappa shape index (κ1) is 14.8. The average molecular weight is 230 g/mol. The normalized spacial score (nSPS) is 15.1. The third-order valence-electron chi connectivity index (χ3n) is 3.23. The van der Waals surface area contributed by atoms with Crippen LogP contribution in [0.15, 0.2) is 0 Å². The molecule has 0 aromatic carbocycles. The Labute approximate surface area is 95.5 Å². The number of carbonyl (C=O) groups excluding carboxylic acids is 1. The SMILES string of the molecule is CC(CCCC=O)O[Si](C)(C)C(C)(C)C. The van der Waals surface area contributed by atoms with Gasteiger partial charge in [-0.1, -0.05) is 20.8 Å². The minimum atomic E-state index is -1.62. The predicted molar refractivity (Wildman–Crippen MR) is 67.7 cm³/mol. The molecule has 3 heteroatoms. The van der Waals surface area contributed by atoms with Crippen molar-refractivity contribution in [1.29, 1.82) is 0 Å². The van der Waals surface area contributed by atoms with Crippen LogP contribution < -0.4 is 0 Å². The van der Waals surface area contributed by atoms with E-state index in [4.69, 9.17) is 4.43 Å². The van der Waals surface area contributed by atoms with E-state index in [9.17, 15) is 4.79 Å². The molecule has 0 bridgehead atoms. The van der Waals surface area contributed by atoms with Crippen LogP contribution in [0.2, 0.25) is 18.1 Å². The second-order valence-electron chi connectivity index (χ2n) is 5.79. The van der Waals surface area contributed by atoms with Gasteiger partial charge in [0.15, 0.2) is 8.32 Å². The van der Waals surface area contributed by atoms with Crippen LogP contribution in [-0.4, -0.2) is 20.7 Å². The molecule has 0 spiro atoms. The van der Waals surface area contributed by atoms with Crippen LogP contribution in [0, 0.1) is 0 Å². The summed E-state index contributed by atoms with van der Waals surface area (Å²) >= 11 is 0. The first-order valence-corrected chi connectivity index (χ1v) is 8.73. The number of unbranched alkanes of at least 4 members (excludes halogenated alkanes) is 1. The van der Waals surface area contributed by atoms with Crippen molar-refractivity contribution >= 4 is 14.6 Å². The summed E-state index contributed by atoms with van der Waals surface area (Å²) in [6.45, 7) is 13.4. The zero-order chi connectivity index (χ0) is 12.1. The van der Waals surface area contributed by atoms with Crippen molar-refractivity contribution in [3.05, 3.63) is 0 Å². The Bertz CT molecular complexity index is 194. The van der Waals surface area contributed by atoms with Crippen molar-refractivity contribution in [3.63, 3.8) is 0 Å². The topological polar surface area (TPSA) is 26.3 Å². The molecule has 0 heterocycles. The van der Waals surface area contributed by atoms with Gasteiger partial charge in [0.2, 0.25) is 0 Å². The summed E-state index contributed by atoms with van der Waals surface area (Å²) in [5.74, 6) is 0. The highest BCUT2D eigenvalue weighted by atomic mass is 28.4. The summed E-state index contributed by atoms with van der Waals surface area (Å²) < 4.78 is 6.17. The van der Waals surface area contributed by atoms with Gasteiger partial charge in [0.05, 0.1) is 0 Å². The van der Waals surface area contributed by atoms with E-state index in [1.165, 1.54) is 0 Å². The summed E-state index contributed by atoms with van der Waals surface area (Å²) in [6.07, 6.45) is 3.86. The van der Waals surface area contributed by atoms with E-state index < -0.39 is 8.32 Å². The minimum Gasteiger partial charge on any atom is -0.414 e. The zero-order valence-corrected chi connectivity index (χ0v) is 12.1. The average Bonchev–Trinajstić information content (AvgIpc) is 2.01. The van der Waals surface area contributed by atoms with Crippen LogP contribution in [0.25, 0.3) is 0 Å². The van der Waals surface area contributed by atoms with Crippen LogP contribution in [0.1, 0.15) is 47.0 Å². The van der Waals surface area contributed by atoms with Crippen molar-refractivity contribution in [2.24, 2.45) is 0 Å². The fourth-order valence-corrected chi connectivity index (χ4v) is 2.70. The van der Waals surface area contributed by atoms with Gasteiger partial charge >= 0.3 is 0 Å². The van der Waals surface area contributed by atoms with Gasteiger partial charge in [0.25, 0.3) is 0 Å². The van der Waals surface area contributed by atoms with Crippen LogP contribution in [0.3, 0.4) is 0 Å². The Kier molecular flexibility index (Phi) is 5.74. The van der Waals surface area contributed by atoms with Gasteiger partial charge in [-0.25, -0.2) is 0 Å². The van der Waals surface area contributed by atoms with E-state index in [0.717, 1.165) is 19.1 Å². The molecule has 1 atom stereocenters. The minimum absolute atomic E-state index is 0.270. The lowest BCUT2D eigenvalue weighted by atomic mass is 10.2. The van der Waals surface area contributed by atoms with Gasteiger partial charge in [-0.05, 0) is 37.9 Å². The Morgan fingerprint density at radius 3 is 2.27 bits per heavy atom. The molecule has 0 radical (unpaired) electrons. The molecule has 0 aliphatic rings. The maximum Gasteiger partial charge on any atom is 0.192 e. The summed E-state index contributed by atoms with van der Waals surface area (Å²) in [6, 6.07) is 0. The molecule has 0 aromatic rings. The standard InChI is InChI=1S/C12H26O2Si/c1-11(9-7-8-10-13)14-15(5,6)12(2,3)4/h10-11H,7-9H2,1-6H3. The van der Waals surface area contributed by atoms with Crippen molar-refractivity contribution in [1.82, 2.24) is 0 Å². The van der Waals surface area contributed by atoms with Crippen molar-refractivity contribution in [2.75, 3.05) is 0 Å². The lowest BCUT2D eigenvalue weighted by Crippen LogP contribution is -2.43. The van der Waals surface area contributed by atoms with E-state index in [-0.39, 0.29) is 11.1 Å². The third-order valence-corrected chi connectivity index (χ3v) is 7.84. The van der Waals surface area contributed by atoms with E-state index in [1.54, 1.807) is 0 Å². The fraction of sp³-hybridized carbons (Fsp3) is 0.917. The van der Waals surface area contributed by atoms with Gasteiger partial charge in [0, 0.05) is 12.5 Å². The molecule has 2 nitrogen and oxygen atoms in total. The maximum atomic E-state index is 10.2. The third kappa shape index (κ3) is 5.47. The molecule has 90 valence electrons. The van der Waals surface area contributed by atoms with Crippen LogP contribution in [0.5, 0.6) is 0 Å². The summed E-state index contributed by atoms with van der Waals surface area (Å²) in [4.78, 5) is 10.2. The number of hydrogen-bond donors (Lipinski definition) is 0. The molecule has 0 saturated carbocycles. The molecule has 15 heavy (non-hydrogen) atoms. The number of hydrogen-bond acceptors (Lipinski definition) is 2. The van der Waals surface area contributed by atoms with Crippen molar-refractivity contribution in [3.8, 4) is 0 Å². The van der Waals surface area contributed by atoms with E-state index in [0.29, 0.717) is 6.42 Å². The molecule has 0 amide bonds. The van der Waals surface area contributed by atoms with Crippen LogP contribution >= 0.6 is 0 Å². The lowest BCUT2D eigenvalue weighted by molar-refractivity contribution is -0.108. The van der Waals surface area contributed by atoms with Gasteiger partial charge in [-0.3, -0.25) is 0 Å². The second kappa shape index (κ2) is 5.80. The largest absolute Gasteiger partial charge is 0.414 e. The number of carbonyl (C=O) groups is 1. The molecule has 0 saturated heterocycles. The molecule has 1 unspecified atom stereocenters. The highest BCUT2D eigenvalue weighted by molar-refractivity contribution is 6.74. The van der Waals surface area contributed by atoms with E-state index in [1.807, 2.05) is 0 Å². The summed E-state index contributed by atoms with van der Waals surface area (Å²) in [7, 11) is -1.62. The number of rotatable bonds is 6. The molecular formula is C12H26O2Si. The maximum absolute atomic E-state index is 10.2. The Hall–Kier alpha value is -0.153. The first-order valence-electron chi connectivity index (χ1n) is 5.82. The zero-order valence-electron chi connectivity index (χ0n) is 11.1. The van der Waals surface area contributed by atoms with E-state index >= 15 is 0 Å². The van der Waals surface area contributed by atoms with Gasteiger partial charge < -0.3 is 9.22 Å². The van der Waals surface area contributed by atoms with E-state index in [2.05, 4.69) is 40.8 Å². The van der Waals surface area contributed by atoms with Crippen LogP contribution in [-0.2, 0) is 9.22 Å². The van der Waals surface area contributed by atoms with Gasteiger partial charge in [0.1, 0.15) is 6.29 Å². The fourth-order valence-electron chi connectivity index (χ4n) is 1.23. The first-order chi connectivity index (χ1) is 6.70. The smallest absolute Gasteiger partial charge is 0.192 e. The van der Waals surface area contributed by atoms with Gasteiger partial charge in [-0.15, -0.1) is 0 Å². The summed E-state index contributed by atoms with van der Waals surface area (Å²) in [5.41, 5.74) is 0. The van der Waals surface area contributed by atoms with Crippen molar-refractivity contribution < 1.29 is 9.22 Å². The Morgan fingerprint density at radius 2 is 1.87 bits per heavy atom. The molecule has 0 aliphatic carbocycles. The monoisotopic (exact) mass is 230 g/mol. The molecule has 0 fully saturated rings. The highest BCUT2D eigenvalue weighted by Gasteiger charge is 2.38.